The molecule has 21 heavy (non-hydrogen) atoms. The zero-order valence-electron chi connectivity index (χ0n) is 12.9. The molecular formula is C16H22N4O. The van der Waals surface area contributed by atoms with Crippen molar-refractivity contribution in [1.82, 2.24) is 9.97 Å². The number of hydrazine groups is 1. The minimum absolute atomic E-state index is 0.157. The number of rotatable bonds is 5. The summed E-state index contributed by atoms with van der Waals surface area (Å²) < 4.78 is 5.64. The van der Waals surface area contributed by atoms with Crippen molar-refractivity contribution in [2.75, 3.05) is 5.43 Å². The van der Waals surface area contributed by atoms with Crippen LogP contribution >= 0.6 is 0 Å². The number of nitrogens with zero attached hydrogens (tertiary/aromatic N) is 2. The number of hydrogen-bond acceptors (Lipinski definition) is 5. The summed E-state index contributed by atoms with van der Waals surface area (Å²) in [5.74, 6) is 7.91. The molecule has 112 valence electrons. The van der Waals surface area contributed by atoms with Crippen molar-refractivity contribution in [2.45, 2.75) is 39.7 Å². The van der Waals surface area contributed by atoms with Crippen LogP contribution in [0.25, 0.3) is 11.4 Å². The summed E-state index contributed by atoms with van der Waals surface area (Å²) in [6.07, 6.45) is 0.157. The summed E-state index contributed by atoms with van der Waals surface area (Å²) in [5, 5.41) is 0. The van der Waals surface area contributed by atoms with Crippen molar-refractivity contribution < 1.29 is 4.74 Å². The fourth-order valence-corrected chi connectivity index (χ4v) is 1.92. The van der Waals surface area contributed by atoms with Gasteiger partial charge in [0, 0.05) is 17.3 Å². The number of nitrogens with one attached hydrogen (secondary N) is 1. The Hall–Kier alpha value is -2.14. The van der Waals surface area contributed by atoms with Gasteiger partial charge in [-0.1, -0.05) is 13.8 Å². The van der Waals surface area contributed by atoms with Crippen molar-refractivity contribution in [3.05, 3.63) is 36.0 Å². The maximum absolute atomic E-state index is 5.64. The first-order valence-corrected chi connectivity index (χ1v) is 7.12. The number of benzene rings is 1. The van der Waals surface area contributed by atoms with Crippen LogP contribution in [0.5, 0.6) is 5.75 Å². The van der Waals surface area contributed by atoms with Gasteiger partial charge >= 0.3 is 0 Å². The highest BCUT2D eigenvalue weighted by atomic mass is 16.5. The van der Waals surface area contributed by atoms with Crippen molar-refractivity contribution in [3.8, 4) is 17.1 Å². The molecule has 0 atom stereocenters. The SMILES string of the molecule is CC(C)Oc1ccc(-c2nc(NN)cc(C(C)C)n2)cc1. The summed E-state index contributed by atoms with van der Waals surface area (Å²) in [7, 11) is 0. The highest BCUT2D eigenvalue weighted by Crippen LogP contribution is 2.23. The smallest absolute Gasteiger partial charge is 0.161 e. The average Bonchev–Trinajstić information content (AvgIpc) is 2.46. The third kappa shape index (κ3) is 3.92. The van der Waals surface area contributed by atoms with Gasteiger partial charge in [0.15, 0.2) is 5.82 Å². The van der Waals surface area contributed by atoms with E-state index in [1.807, 2.05) is 44.2 Å². The number of nitrogens with two attached hydrogens (primary N) is 1. The van der Waals surface area contributed by atoms with E-state index in [9.17, 15) is 0 Å². The standard InChI is InChI=1S/C16H22N4O/c1-10(2)14-9-15(20-17)19-16(18-14)12-5-7-13(8-6-12)21-11(3)4/h5-11H,17H2,1-4H3,(H,18,19,20). The molecule has 0 aliphatic heterocycles. The lowest BCUT2D eigenvalue weighted by molar-refractivity contribution is 0.242. The Morgan fingerprint density at radius 2 is 1.71 bits per heavy atom. The molecular weight excluding hydrogens is 264 g/mol. The summed E-state index contributed by atoms with van der Waals surface area (Å²) in [6, 6.07) is 9.63. The van der Waals surface area contributed by atoms with Crippen molar-refractivity contribution in [1.29, 1.82) is 0 Å². The second kappa shape index (κ2) is 6.54. The second-order valence-corrected chi connectivity index (χ2v) is 5.49. The molecule has 0 radical (unpaired) electrons. The van der Waals surface area contributed by atoms with Crippen LogP contribution < -0.4 is 16.0 Å². The predicted octanol–water partition coefficient (Wildman–Crippen LogP) is 3.34. The molecule has 3 N–H and O–H groups in total. The second-order valence-electron chi connectivity index (χ2n) is 5.49. The van der Waals surface area contributed by atoms with Gasteiger partial charge in [-0.3, -0.25) is 0 Å². The van der Waals surface area contributed by atoms with E-state index < -0.39 is 0 Å². The van der Waals surface area contributed by atoms with Gasteiger partial charge in [0.1, 0.15) is 11.6 Å². The Bertz CT molecular complexity index is 594. The van der Waals surface area contributed by atoms with Gasteiger partial charge in [-0.15, -0.1) is 0 Å². The molecule has 1 aromatic heterocycles. The van der Waals surface area contributed by atoms with Crippen molar-refractivity contribution >= 4 is 5.82 Å². The normalized spacial score (nSPS) is 11.0. The van der Waals surface area contributed by atoms with Crippen LogP contribution in [0.4, 0.5) is 5.82 Å². The highest BCUT2D eigenvalue weighted by molar-refractivity contribution is 5.58. The Morgan fingerprint density at radius 3 is 2.24 bits per heavy atom. The Morgan fingerprint density at radius 1 is 1.05 bits per heavy atom. The molecule has 5 heteroatoms. The number of hydrogen-bond donors (Lipinski definition) is 2. The van der Waals surface area contributed by atoms with E-state index in [4.69, 9.17) is 10.6 Å². The van der Waals surface area contributed by atoms with E-state index in [1.54, 1.807) is 0 Å². The minimum atomic E-state index is 0.157. The summed E-state index contributed by atoms with van der Waals surface area (Å²) in [4.78, 5) is 9.00. The van der Waals surface area contributed by atoms with Crippen LogP contribution in [0, 0.1) is 0 Å². The lowest BCUT2D eigenvalue weighted by Crippen LogP contribution is -2.11. The lowest BCUT2D eigenvalue weighted by atomic mass is 10.1. The summed E-state index contributed by atoms with van der Waals surface area (Å²) >= 11 is 0. The molecule has 2 rings (SSSR count). The van der Waals surface area contributed by atoms with Gasteiger partial charge in [-0.05, 0) is 44.0 Å². The van der Waals surface area contributed by atoms with E-state index >= 15 is 0 Å². The molecule has 0 saturated heterocycles. The van der Waals surface area contributed by atoms with Crippen molar-refractivity contribution in [2.24, 2.45) is 5.84 Å². The first-order valence-electron chi connectivity index (χ1n) is 7.12. The van der Waals surface area contributed by atoms with Crippen LogP contribution in [-0.4, -0.2) is 16.1 Å². The van der Waals surface area contributed by atoms with E-state index in [-0.39, 0.29) is 6.10 Å². The van der Waals surface area contributed by atoms with Gasteiger partial charge in [0.05, 0.1) is 6.10 Å². The van der Waals surface area contributed by atoms with Crippen molar-refractivity contribution in [3.63, 3.8) is 0 Å². The fourth-order valence-electron chi connectivity index (χ4n) is 1.92. The topological polar surface area (TPSA) is 73.1 Å². The maximum atomic E-state index is 5.64. The van der Waals surface area contributed by atoms with Crippen LogP contribution in [0.2, 0.25) is 0 Å². The maximum Gasteiger partial charge on any atom is 0.161 e. The van der Waals surface area contributed by atoms with Crippen LogP contribution in [0.1, 0.15) is 39.3 Å². The number of ether oxygens (including phenoxy) is 1. The zero-order chi connectivity index (χ0) is 15.4. The number of anilines is 1. The summed E-state index contributed by atoms with van der Waals surface area (Å²) in [5.41, 5.74) is 4.48. The quantitative estimate of drug-likeness (QED) is 0.651. The van der Waals surface area contributed by atoms with E-state index in [2.05, 4.69) is 29.2 Å². The first-order chi connectivity index (χ1) is 9.99. The molecule has 0 bridgehead atoms. The molecule has 1 aromatic carbocycles. The molecule has 0 unspecified atom stereocenters. The van der Waals surface area contributed by atoms with Crippen LogP contribution in [0.3, 0.4) is 0 Å². The zero-order valence-corrected chi connectivity index (χ0v) is 12.9. The number of aromatic nitrogens is 2. The average molecular weight is 286 g/mol. The third-order valence-corrected chi connectivity index (χ3v) is 2.97. The Balaban J connectivity index is 2.34. The van der Waals surface area contributed by atoms with E-state index in [0.29, 0.717) is 17.6 Å². The molecule has 0 saturated carbocycles. The Kier molecular flexibility index (Phi) is 4.75. The monoisotopic (exact) mass is 286 g/mol. The predicted molar refractivity (Wildman–Crippen MR) is 85.1 cm³/mol. The van der Waals surface area contributed by atoms with Gasteiger partial charge in [-0.25, -0.2) is 15.8 Å². The van der Waals surface area contributed by atoms with E-state index in [1.165, 1.54) is 0 Å². The Labute approximate surface area is 125 Å². The van der Waals surface area contributed by atoms with E-state index in [0.717, 1.165) is 17.0 Å². The van der Waals surface area contributed by atoms with Gasteiger partial charge in [0.25, 0.3) is 0 Å². The summed E-state index contributed by atoms with van der Waals surface area (Å²) in [6.45, 7) is 8.18. The van der Waals surface area contributed by atoms with Crippen LogP contribution in [-0.2, 0) is 0 Å². The lowest BCUT2D eigenvalue weighted by Gasteiger charge is -2.12. The molecule has 0 fully saturated rings. The van der Waals surface area contributed by atoms with Gasteiger partial charge < -0.3 is 10.2 Å². The highest BCUT2D eigenvalue weighted by Gasteiger charge is 2.09. The van der Waals surface area contributed by atoms with Gasteiger partial charge in [0.2, 0.25) is 0 Å². The molecule has 0 spiro atoms. The molecule has 1 heterocycles. The number of nitrogen functional groups attached to an aromatic ring is 1. The molecule has 2 aromatic rings. The largest absolute Gasteiger partial charge is 0.491 e. The van der Waals surface area contributed by atoms with Gasteiger partial charge in [-0.2, -0.15) is 0 Å². The third-order valence-electron chi connectivity index (χ3n) is 2.97. The molecule has 0 aliphatic rings. The van der Waals surface area contributed by atoms with Crippen LogP contribution in [0.15, 0.2) is 30.3 Å². The fraction of sp³-hybridized carbons (Fsp3) is 0.375. The molecule has 0 amide bonds. The minimum Gasteiger partial charge on any atom is -0.491 e. The first kappa shape index (κ1) is 15.3. The molecule has 5 nitrogen and oxygen atoms in total. The molecule has 0 aliphatic carbocycles.